The van der Waals surface area contributed by atoms with Gasteiger partial charge < -0.3 is 19.5 Å². The fraction of sp³-hybridized carbons (Fsp3) is 0.652. The molecule has 2 unspecified atom stereocenters. The van der Waals surface area contributed by atoms with E-state index in [1.54, 1.807) is 4.90 Å². The van der Waals surface area contributed by atoms with Crippen molar-refractivity contribution < 1.29 is 24.2 Å². The van der Waals surface area contributed by atoms with Crippen LogP contribution >= 0.6 is 11.3 Å². The molecule has 4 rings (SSSR count). The number of fused-ring (bicyclic) bond motifs is 4. The molecule has 3 atom stereocenters. The fourth-order valence-corrected chi connectivity index (χ4v) is 5.32. The number of carbonyl (C=O) groups is 2. The van der Waals surface area contributed by atoms with Gasteiger partial charge in [-0.15, -0.1) is 11.3 Å². The minimum Gasteiger partial charge on any atom is -0.432 e. The van der Waals surface area contributed by atoms with Crippen molar-refractivity contribution in [2.75, 3.05) is 11.5 Å². The molecule has 2 fully saturated rings. The van der Waals surface area contributed by atoms with Crippen LogP contribution < -0.4 is 4.90 Å². The topological polar surface area (TPSA) is 76.1 Å². The molecule has 2 bridgehead atoms. The Morgan fingerprint density at radius 3 is 2.63 bits per heavy atom. The van der Waals surface area contributed by atoms with E-state index in [4.69, 9.17) is 9.47 Å². The molecule has 30 heavy (non-hydrogen) atoms. The molecule has 1 aromatic heterocycles. The number of carbonyl (C=O) groups excluding carboxylic acids is 2. The number of morpholine rings is 1. The molecular weight excluding hydrogens is 402 g/mol. The summed E-state index contributed by atoms with van der Waals surface area (Å²) in [6.45, 7) is 6.47. The van der Waals surface area contributed by atoms with Gasteiger partial charge in [0.15, 0.2) is 0 Å². The van der Waals surface area contributed by atoms with Gasteiger partial charge in [-0.2, -0.15) is 0 Å². The zero-order valence-electron chi connectivity index (χ0n) is 17.8. The van der Waals surface area contributed by atoms with E-state index in [1.165, 1.54) is 17.8 Å². The van der Waals surface area contributed by atoms with Crippen molar-refractivity contribution in [1.29, 1.82) is 0 Å². The predicted molar refractivity (Wildman–Crippen MR) is 114 cm³/mol. The molecule has 6 nitrogen and oxygen atoms in total. The van der Waals surface area contributed by atoms with Crippen LogP contribution in [0.4, 0.5) is 5.69 Å². The largest absolute Gasteiger partial charge is 0.432 e. The van der Waals surface area contributed by atoms with Crippen molar-refractivity contribution >= 4 is 28.9 Å². The molecular formula is C23H29NO5S. The first kappa shape index (κ1) is 21.4. The van der Waals surface area contributed by atoms with E-state index in [0.717, 1.165) is 25.7 Å². The van der Waals surface area contributed by atoms with E-state index in [0.29, 0.717) is 28.0 Å². The van der Waals surface area contributed by atoms with Crippen molar-refractivity contribution in [3.05, 3.63) is 15.8 Å². The number of hydrogen-bond donors (Lipinski definition) is 1. The summed E-state index contributed by atoms with van der Waals surface area (Å²) in [7, 11) is 0. The molecule has 2 aliphatic heterocycles. The van der Waals surface area contributed by atoms with Gasteiger partial charge in [0.05, 0.1) is 23.2 Å². The van der Waals surface area contributed by atoms with E-state index in [-0.39, 0.29) is 23.8 Å². The van der Waals surface area contributed by atoms with Gasteiger partial charge in [-0.05, 0) is 45.6 Å². The third kappa shape index (κ3) is 4.41. The minimum atomic E-state index is -1.38. The lowest BCUT2D eigenvalue weighted by Crippen LogP contribution is -2.57. The molecule has 0 spiro atoms. The lowest BCUT2D eigenvalue weighted by molar-refractivity contribution is -0.147. The number of aliphatic hydroxyl groups excluding tert-OH is 1. The maximum atomic E-state index is 13.4. The summed E-state index contributed by atoms with van der Waals surface area (Å²) in [6.07, 6.45) is 3.36. The highest BCUT2D eigenvalue weighted by Gasteiger charge is 2.45. The van der Waals surface area contributed by atoms with Gasteiger partial charge >= 0.3 is 5.97 Å². The first-order chi connectivity index (χ1) is 14.2. The van der Waals surface area contributed by atoms with E-state index in [1.807, 2.05) is 26.8 Å². The van der Waals surface area contributed by atoms with Gasteiger partial charge in [-0.1, -0.05) is 31.1 Å². The normalized spacial score (nSPS) is 27.9. The number of anilines is 1. The summed E-state index contributed by atoms with van der Waals surface area (Å²) in [4.78, 5) is 29.0. The van der Waals surface area contributed by atoms with Crippen LogP contribution in [0.1, 0.15) is 73.8 Å². The van der Waals surface area contributed by atoms with Crippen LogP contribution in [-0.2, 0) is 14.3 Å². The molecule has 3 heterocycles. The van der Waals surface area contributed by atoms with Gasteiger partial charge in [-0.25, -0.2) is 4.79 Å². The zero-order chi connectivity index (χ0) is 21.5. The monoisotopic (exact) mass is 431 g/mol. The maximum absolute atomic E-state index is 13.4. The van der Waals surface area contributed by atoms with E-state index < -0.39 is 18.4 Å². The summed E-state index contributed by atoms with van der Waals surface area (Å²) in [5.41, 5.74) is 0.364. The number of amides is 1. The highest BCUT2D eigenvalue weighted by atomic mass is 32.1. The third-order valence-electron chi connectivity index (χ3n) is 5.88. The molecule has 1 saturated heterocycles. The highest BCUT2D eigenvalue weighted by molar-refractivity contribution is 7.15. The average molecular weight is 432 g/mol. The van der Waals surface area contributed by atoms with Gasteiger partial charge in [-0.3, -0.25) is 4.79 Å². The number of aliphatic hydroxyl groups is 1. The molecule has 0 radical (unpaired) electrons. The Morgan fingerprint density at radius 1 is 1.20 bits per heavy atom. The van der Waals surface area contributed by atoms with Crippen LogP contribution in [0.15, 0.2) is 6.07 Å². The van der Waals surface area contributed by atoms with Gasteiger partial charge in [0.25, 0.3) is 5.91 Å². The van der Waals surface area contributed by atoms with Crippen molar-refractivity contribution in [2.24, 2.45) is 11.3 Å². The van der Waals surface area contributed by atoms with Gasteiger partial charge in [0.2, 0.25) is 6.29 Å². The fourth-order valence-electron chi connectivity index (χ4n) is 4.44. The number of thiophene rings is 1. The van der Waals surface area contributed by atoms with Crippen LogP contribution in [0.25, 0.3) is 0 Å². The molecule has 3 aliphatic rings. The van der Waals surface area contributed by atoms with Crippen LogP contribution in [0, 0.1) is 23.2 Å². The van der Waals surface area contributed by atoms with Crippen molar-refractivity contribution in [3.63, 3.8) is 0 Å². The third-order valence-corrected chi connectivity index (χ3v) is 6.90. The Kier molecular flexibility index (Phi) is 5.93. The van der Waals surface area contributed by atoms with E-state index in [9.17, 15) is 14.7 Å². The summed E-state index contributed by atoms with van der Waals surface area (Å²) in [5.74, 6) is 5.84. The molecule has 1 amide bonds. The number of hydrogen-bond acceptors (Lipinski definition) is 6. The summed E-state index contributed by atoms with van der Waals surface area (Å²) in [6, 6.07) is 1.71. The standard InChI is InChI=1S/C23H29NO5S/c1-23(2,3)10-9-15-11-16-20(30-15)22(27)29-19(25)12-18-21(26)24(16)17(13-28-18)14-7-5-4-6-8-14/h11,14,17-19,25H,4-8,12-13H2,1-3H3/t17?,18-,19?/m1/s1. The lowest BCUT2D eigenvalue weighted by Gasteiger charge is -2.43. The number of esters is 1. The molecule has 162 valence electrons. The number of rotatable bonds is 1. The number of cyclic esters (lactones) is 1. The minimum absolute atomic E-state index is 0.0515. The first-order valence-corrected chi connectivity index (χ1v) is 11.6. The van der Waals surface area contributed by atoms with Crippen molar-refractivity contribution in [1.82, 2.24) is 0 Å². The quantitative estimate of drug-likeness (QED) is 0.542. The Labute approximate surface area is 181 Å². The smallest absolute Gasteiger partial charge is 0.352 e. The van der Waals surface area contributed by atoms with Gasteiger partial charge in [0.1, 0.15) is 11.0 Å². The summed E-state index contributed by atoms with van der Waals surface area (Å²) < 4.78 is 11.1. The Bertz CT molecular complexity index is 884. The van der Waals surface area contributed by atoms with Crippen molar-refractivity contribution in [3.8, 4) is 11.8 Å². The predicted octanol–water partition coefficient (Wildman–Crippen LogP) is 3.71. The van der Waals surface area contributed by atoms with Crippen molar-refractivity contribution in [2.45, 2.75) is 77.7 Å². The molecule has 1 aromatic rings. The second-order valence-electron chi connectivity index (χ2n) is 9.42. The zero-order valence-corrected chi connectivity index (χ0v) is 18.6. The Balaban J connectivity index is 1.79. The van der Waals surface area contributed by atoms with Crippen LogP contribution in [-0.4, -0.2) is 42.0 Å². The molecule has 7 heteroatoms. The number of ether oxygens (including phenoxy) is 2. The first-order valence-electron chi connectivity index (χ1n) is 10.7. The second kappa shape index (κ2) is 8.33. The second-order valence-corrected chi connectivity index (χ2v) is 10.5. The molecule has 1 aliphatic carbocycles. The summed E-state index contributed by atoms with van der Waals surface area (Å²) in [5, 5.41) is 10.2. The van der Waals surface area contributed by atoms with E-state index in [2.05, 4.69) is 11.8 Å². The lowest BCUT2D eigenvalue weighted by atomic mass is 9.82. The average Bonchev–Trinajstić information content (AvgIpc) is 3.11. The molecule has 1 N–H and O–H groups in total. The van der Waals surface area contributed by atoms with E-state index >= 15 is 0 Å². The van der Waals surface area contributed by atoms with Crippen LogP contribution in [0.3, 0.4) is 0 Å². The Morgan fingerprint density at radius 2 is 1.93 bits per heavy atom. The molecule has 1 saturated carbocycles. The maximum Gasteiger partial charge on any atom is 0.352 e. The SMILES string of the molecule is CC(C)(C)C#Cc1cc2c(s1)C(=O)OC(O)C[C@H]1OCC(C3CCCCC3)N2C1=O. The molecule has 0 aromatic carbocycles. The van der Waals surface area contributed by atoms with Gasteiger partial charge in [0, 0.05) is 11.8 Å². The van der Waals surface area contributed by atoms with Crippen LogP contribution in [0.5, 0.6) is 0 Å². The highest BCUT2D eigenvalue weighted by Crippen LogP contribution is 2.40. The summed E-state index contributed by atoms with van der Waals surface area (Å²) >= 11 is 1.22. The number of nitrogens with zero attached hydrogens (tertiary/aromatic N) is 1. The van der Waals surface area contributed by atoms with Crippen LogP contribution in [0.2, 0.25) is 0 Å². The Hall–Kier alpha value is -1.88.